The SMILES string of the molecule is CCCCn1c(N)c(N(CC)C(=O)Cc2csc3nc(-c4ccccc4)cn23)c(=O)[nH]c1=O. The Hall–Kier alpha value is -3.66. The van der Waals surface area contributed by atoms with Gasteiger partial charge in [-0.2, -0.15) is 0 Å². The number of anilines is 2. The van der Waals surface area contributed by atoms with Gasteiger partial charge in [-0.1, -0.05) is 43.7 Å². The molecule has 4 aromatic rings. The van der Waals surface area contributed by atoms with Crippen LogP contribution in [-0.4, -0.2) is 31.4 Å². The lowest BCUT2D eigenvalue weighted by Gasteiger charge is -2.23. The van der Waals surface area contributed by atoms with E-state index in [1.807, 2.05) is 53.2 Å². The van der Waals surface area contributed by atoms with Crippen LogP contribution in [0.2, 0.25) is 0 Å². The van der Waals surface area contributed by atoms with E-state index in [1.165, 1.54) is 20.8 Å². The maximum atomic E-state index is 13.3. The molecule has 1 amide bonds. The third-order valence-electron chi connectivity index (χ3n) is 5.52. The molecular formula is C23H26N6O3S. The van der Waals surface area contributed by atoms with Crippen molar-refractivity contribution in [3.63, 3.8) is 0 Å². The van der Waals surface area contributed by atoms with Crippen LogP contribution in [0.25, 0.3) is 16.2 Å². The molecule has 0 bridgehead atoms. The van der Waals surface area contributed by atoms with Crippen molar-refractivity contribution in [2.24, 2.45) is 0 Å². The summed E-state index contributed by atoms with van der Waals surface area (Å²) in [5.74, 6) is -0.276. The number of hydrogen-bond donors (Lipinski definition) is 2. The molecule has 0 radical (unpaired) electrons. The van der Waals surface area contributed by atoms with Crippen molar-refractivity contribution in [1.29, 1.82) is 0 Å². The van der Waals surface area contributed by atoms with Crippen LogP contribution in [0.4, 0.5) is 11.5 Å². The van der Waals surface area contributed by atoms with Gasteiger partial charge in [0.2, 0.25) is 5.91 Å². The summed E-state index contributed by atoms with van der Waals surface area (Å²) >= 11 is 1.45. The minimum Gasteiger partial charge on any atom is -0.383 e. The fourth-order valence-electron chi connectivity index (χ4n) is 3.79. The number of likely N-dealkylation sites (N-methyl/N-ethyl adjacent to an activating group) is 1. The van der Waals surface area contributed by atoms with Gasteiger partial charge >= 0.3 is 5.69 Å². The summed E-state index contributed by atoms with van der Waals surface area (Å²) in [4.78, 5) is 47.2. The maximum absolute atomic E-state index is 13.3. The van der Waals surface area contributed by atoms with E-state index < -0.39 is 11.2 Å². The number of imidazole rings is 1. The van der Waals surface area contributed by atoms with Crippen LogP contribution in [-0.2, 0) is 17.8 Å². The number of aromatic amines is 1. The molecule has 3 N–H and O–H groups in total. The van der Waals surface area contributed by atoms with Gasteiger partial charge in [0.15, 0.2) is 10.6 Å². The number of hydrogen-bond acceptors (Lipinski definition) is 6. The number of benzene rings is 1. The van der Waals surface area contributed by atoms with Gasteiger partial charge in [-0.25, -0.2) is 9.78 Å². The summed E-state index contributed by atoms with van der Waals surface area (Å²) in [6, 6.07) is 9.82. The monoisotopic (exact) mass is 466 g/mol. The third kappa shape index (κ3) is 4.34. The average molecular weight is 467 g/mol. The molecule has 0 aliphatic rings. The predicted octanol–water partition coefficient (Wildman–Crippen LogP) is 2.89. The summed E-state index contributed by atoms with van der Waals surface area (Å²) in [5.41, 5.74) is 7.58. The third-order valence-corrected chi connectivity index (χ3v) is 6.41. The zero-order valence-corrected chi connectivity index (χ0v) is 19.4. The van der Waals surface area contributed by atoms with Crippen LogP contribution < -0.4 is 21.9 Å². The second kappa shape index (κ2) is 9.45. The number of carbonyl (C=O) groups is 1. The molecule has 172 valence electrons. The highest BCUT2D eigenvalue weighted by atomic mass is 32.1. The van der Waals surface area contributed by atoms with E-state index in [0.29, 0.717) is 6.54 Å². The van der Waals surface area contributed by atoms with Crippen molar-refractivity contribution in [2.45, 2.75) is 39.7 Å². The Morgan fingerprint density at radius 3 is 2.67 bits per heavy atom. The van der Waals surface area contributed by atoms with Gasteiger partial charge in [0.25, 0.3) is 5.56 Å². The molecule has 9 nitrogen and oxygen atoms in total. The zero-order chi connectivity index (χ0) is 23.5. The Balaban J connectivity index is 1.66. The Bertz CT molecular complexity index is 1400. The number of thiazole rings is 1. The van der Waals surface area contributed by atoms with E-state index in [-0.39, 0.29) is 30.4 Å². The lowest BCUT2D eigenvalue weighted by Crippen LogP contribution is -2.41. The number of aromatic nitrogens is 4. The Kier molecular flexibility index (Phi) is 6.45. The molecule has 0 spiro atoms. The predicted molar refractivity (Wildman–Crippen MR) is 131 cm³/mol. The normalized spacial score (nSPS) is 11.2. The smallest absolute Gasteiger partial charge is 0.330 e. The van der Waals surface area contributed by atoms with Gasteiger partial charge < -0.3 is 10.6 Å². The first kappa shape index (κ1) is 22.5. The van der Waals surface area contributed by atoms with Crippen LogP contribution in [0, 0.1) is 0 Å². The van der Waals surface area contributed by atoms with Gasteiger partial charge in [0, 0.05) is 35.9 Å². The lowest BCUT2D eigenvalue weighted by atomic mass is 10.2. The molecule has 3 aromatic heterocycles. The van der Waals surface area contributed by atoms with Crippen molar-refractivity contribution < 1.29 is 4.79 Å². The van der Waals surface area contributed by atoms with Gasteiger partial charge in [-0.05, 0) is 13.3 Å². The molecule has 0 fully saturated rings. The fraction of sp³-hybridized carbons (Fsp3) is 0.304. The van der Waals surface area contributed by atoms with Gasteiger partial charge in [0.1, 0.15) is 5.82 Å². The van der Waals surface area contributed by atoms with Crippen LogP contribution >= 0.6 is 11.3 Å². The van der Waals surface area contributed by atoms with E-state index in [2.05, 4.69) is 9.97 Å². The first-order valence-corrected chi connectivity index (χ1v) is 11.8. The Morgan fingerprint density at radius 1 is 1.21 bits per heavy atom. The Morgan fingerprint density at radius 2 is 1.97 bits per heavy atom. The number of nitrogens with two attached hydrogens (primary N) is 1. The van der Waals surface area contributed by atoms with E-state index in [1.54, 1.807) is 6.92 Å². The van der Waals surface area contributed by atoms with Crippen molar-refractivity contribution in [3.8, 4) is 11.3 Å². The highest BCUT2D eigenvalue weighted by molar-refractivity contribution is 7.15. The molecule has 1 aromatic carbocycles. The quantitative estimate of drug-likeness (QED) is 0.414. The fourth-order valence-corrected chi connectivity index (χ4v) is 4.66. The van der Waals surface area contributed by atoms with E-state index in [9.17, 15) is 14.4 Å². The largest absolute Gasteiger partial charge is 0.383 e. The van der Waals surface area contributed by atoms with Crippen molar-refractivity contribution in [1.82, 2.24) is 18.9 Å². The summed E-state index contributed by atoms with van der Waals surface area (Å²) in [6.07, 6.45) is 3.56. The molecular weight excluding hydrogens is 440 g/mol. The second-order valence-corrected chi connectivity index (χ2v) is 8.52. The van der Waals surface area contributed by atoms with Crippen LogP contribution in [0.5, 0.6) is 0 Å². The van der Waals surface area contributed by atoms with Gasteiger partial charge in [-0.15, -0.1) is 11.3 Å². The number of amides is 1. The molecule has 0 saturated heterocycles. The number of nitrogens with one attached hydrogen (secondary N) is 1. The first-order valence-electron chi connectivity index (χ1n) is 10.9. The van der Waals surface area contributed by atoms with Crippen LogP contribution in [0.3, 0.4) is 0 Å². The number of unbranched alkanes of at least 4 members (excludes halogenated alkanes) is 1. The van der Waals surface area contributed by atoms with E-state index in [4.69, 9.17) is 5.73 Å². The molecule has 3 heterocycles. The number of carbonyl (C=O) groups excluding carboxylic acids is 1. The number of rotatable bonds is 8. The highest BCUT2D eigenvalue weighted by Crippen LogP contribution is 2.25. The van der Waals surface area contributed by atoms with Gasteiger partial charge in [-0.3, -0.25) is 23.5 Å². The van der Waals surface area contributed by atoms with Crippen molar-refractivity contribution >= 4 is 33.7 Å². The maximum Gasteiger partial charge on any atom is 0.330 e. The molecule has 0 saturated carbocycles. The minimum absolute atomic E-state index is 0.0110. The number of nitrogen functional groups attached to an aromatic ring is 1. The van der Waals surface area contributed by atoms with Gasteiger partial charge in [0.05, 0.1) is 12.1 Å². The van der Waals surface area contributed by atoms with Crippen LogP contribution in [0.15, 0.2) is 51.5 Å². The summed E-state index contributed by atoms with van der Waals surface area (Å²) in [6.45, 7) is 4.38. The molecule has 0 aliphatic heterocycles. The zero-order valence-electron chi connectivity index (χ0n) is 18.6. The van der Waals surface area contributed by atoms with Crippen molar-refractivity contribution in [2.75, 3.05) is 17.2 Å². The van der Waals surface area contributed by atoms with E-state index in [0.717, 1.165) is 34.8 Å². The lowest BCUT2D eigenvalue weighted by molar-refractivity contribution is -0.118. The summed E-state index contributed by atoms with van der Waals surface area (Å²) in [5, 5.41) is 1.89. The van der Waals surface area contributed by atoms with Crippen molar-refractivity contribution in [3.05, 3.63) is 68.4 Å². The Labute approximate surface area is 194 Å². The average Bonchev–Trinajstić information content (AvgIpc) is 3.39. The van der Waals surface area contributed by atoms with Crippen LogP contribution in [0.1, 0.15) is 32.4 Å². The second-order valence-electron chi connectivity index (χ2n) is 7.68. The molecule has 0 aliphatic carbocycles. The summed E-state index contributed by atoms with van der Waals surface area (Å²) < 4.78 is 3.22. The summed E-state index contributed by atoms with van der Waals surface area (Å²) in [7, 11) is 0. The molecule has 0 unspecified atom stereocenters. The highest BCUT2D eigenvalue weighted by Gasteiger charge is 2.24. The molecule has 33 heavy (non-hydrogen) atoms. The minimum atomic E-state index is -0.662. The topological polar surface area (TPSA) is 118 Å². The van der Waals surface area contributed by atoms with E-state index >= 15 is 0 Å². The molecule has 4 rings (SSSR count). The number of H-pyrrole nitrogens is 1. The number of fused-ring (bicyclic) bond motifs is 1. The molecule has 0 atom stereocenters. The molecule has 10 heteroatoms. The number of nitrogens with zero attached hydrogens (tertiary/aromatic N) is 4. The first-order chi connectivity index (χ1) is 15.9. The standard InChI is InChI=1S/C23H26N6O3S/c1-3-5-11-28-20(24)19(21(31)26-22(28)32)27(4-2)18(30)12-16-14-33-23-25-17(13-29(16)23)15-9-7-6-8-10-15/h6-10,13-14H,3-5,11-12,24H2,1-2H3,(H,26,31,32).